The number of hydrogen-bond donors (Lipinski definition) is 1. The van der Waals surface area contributed by atoms with Gasteiger partial charge in [-0.2, -0.15) is 0 Å². The number of carbonyl (C=O) groups is 2. The number of ether oxygens (including phenoxy) is 2. The van der Waals surface area contributed by atoms with Gasteiger partial charge in [0, 0.05) is 39.3 Å². The van der Waals surface area contributed by atoms with E-state index < -0.39 is 11.9 Å². The Bertz CT molecular complexity index is 1110. The highest BCUT2D eigenvalue weighted by molar-refractivity contribution is 5.96. The van der Waals surface area contributed by atoms with Crippen LogP contribution in [0, 0.1) is 5.82 Å². The molecular weight excluding hydrogens is 527 g/mol. The normalized spacial score (nSPS) is 21.0. The van der Waals surface area contributed by atoms with E-state index in [0.717, 1.165) is 51.3 Å². The van der Waals surface area contributed by atoms with Gasteiger partial charge in [0.25, 0.3) is 5.91 Å². The van der Waals surface area contributed by atoms with Crippen LogP contribution in [0.3, 0.4) is 0 Å². The van der Waals surface area contributed by atoms with Gasteiger partial charge in [-0.25, -0.2) is 4.39 Å². The fourth-order valence-electron chi connectivity index (χ4n) is 5.93. The topological polar surface area (TPSA) is 87.5 Å². The van der Waals surface area contributed by atoms with Gasteiger partial charge in [-0.15, -0.1) is 0 Å². The molecule has 1 aromatic carbocycles. The number of benzene rings is 1. The minimum Gasteiger partial charge on any atom is -0.455 e. The van der Waals surface area contributed by atoms with E-state index in [2.05, 4.69) is 15.1 Å². The van der Waals surface area contributed by atoms with E-state index in [-0.39, 0.29) is 23.7 Å². The zero-order valence-corrected chi connectivity index (χ0v) is 23.9. The number of halogens is 1. The van der Waals surface area contributed by atoms with Crippen LogP contribution in [0.2, 0.25) is 0 Å². The van der Waals surface area contributed by atoms with Gasteiger partial charge >= 0.3 is 0 Å². The van der Waals surface area contributed by atoms with Crippen LogP contribution in [0.15, 0.2) is 40.8 Å². The van der Waals surface area contributed by atoms with E-state index in [0.29, 0.717) is 51.4 Å². The lowest BCUT2D eigenvalue weighted by molar-refractivity contribution is -0.126. The van der Waals surface area contributed by atoms with Crippen molar-refractivity contribution >= 4 is 11.8 Å². The van der Waals surface area contributed by atoms with Gasteiger partial charge in [-0.3, -0.25) is 19.4 Å². The van der Waals surface area contributed by atoms with Crippen LogP contribution >= 0.6 is 0 Å². The van der Waals surface area contributed by atoms with E-state index in [1.54, 1.807) is 23.1 Å². The van der Waals surface area contributed by atoms with E-state index in [1.807, 2.05) is 6.07 Å². The van der Waals surface area contributed by atoms with Gasteiger partial charge in [0.15, 0.2) is 5.76 Å². The van der Waals surface area contributed by atoms with Crippen molar-refractivity contribution in [2.24, 2.45) is 0 Å². The molecule has 3 fully saturated rings. The fourth-order valence-corrected chi connectivity index (χ4v) is 5.93. The first-order valence-electron chi connectivity index (χ1n) is 15.1. The van der Waals surface area contributed by atoms with E-state index >= 15 is 0 Å². The van der Waals surface area contributed by atoms with E-state index in [9.17, 15) is 14.0 Å². The number of piperidine rings is 1. The summed E-state index contributed by atoms with van der Waals surface area (Å²) in [5.74, 6) is -0.108. The Balaban J connectivity index is 1.36. The third kappa shape index (κ3) is 8.38. The predicted octanol–water partition coefficient (Wildman–Crippen LogP) is 3.61. The second-order valence-electron chi connectivity index (χ2n) is 11.2. The van der Waals surface area contributed by atoms with Gasteiger partial charge in [-0.05, 0) is 75.0 Å². The highest BCUT2D eigenvalue weighted by Gasteiger charge is 2.34. The van der Waals surface area contributed by atoms with Crippen molar-refractivity contribution in [2.75, 3.05) is 65.6 Å². The molecule has 3 aliphatic rings. The van der Waals surface area contributed by atoms with E-state index in [4.69, 9.17) is 13.9 Å². The number of morpholine rings is 1. The summed E-state index contributed by atoms with van der Waals surface area (Å²) in [4.78, 5) is 34.1. The summed E-state index contributed by atoms with van der Waals surface area (Å²) in [7, 11) is 0. The molecule has 5 rings (SSSR count). The molecular formula is C31H43FN4O5. The Kier molecular flexibility index (Phi) is 10.8. The molecule has 3 saturated heterocycles. The van der Waals surface area contributed by atoms with Crippen molar-refractivity contribution in [2.45, 2.75) is 57.2 Å². The Hall–Kier alpha value is -2.79. The molecule has 2 amide bonds. The van der Waals surface area contributed by atoms with Crippen molar-refractivity contribution in [3.63, 3.8) is 0 Å². The minimum atomic E-state index is -0.940. The smallest absolute Gasteiger partial charge is 0.290 e. The number of hydrogen-bond acceptors (Lipinski definition) is 7. The van der Waals surface area contributed by atoms with Crippen LogP contribution in [0.25, 0.3) is 0 Å². The number of amides is 2. The standard InChI is InChI=1S/C31H43FN4O5/c32-25-9-7-24(8-10-25)29(30(37)33-22-26-6-4-19-40-26)36(16-5-15-34-17-20-39-21-18-34)31(38)28-12-11-27(41-28)23-35-13-2-1-3-14-35/h7-12,26,29H,1-6,13-23H2,(H,33,37). The summed E-state index contributed by atoms with van der Waals surface area (Å²) in [5.41, 5.74) is 0.552. The summed E-state index contributed by atoms with van der Waals surface area (Å²) >= 11 is 0. The molecule has 41 heavy (non-hydrogen) atoms. The molecule has 10 heteroatoms. The average Bonchev–Trinajstić information content (AvgIpc) is 3.70. The van der Waals surface area contributed by atoms with Crippen molar-refractivity contribution < 1.29 is 27.9 Å². The first-order chi connectivity index (χ1) is 20.1. The van der Waals surface area contributed by atoms with Crippen LogP contribution in [-0.2, 0) is 20.8 Å². The number of likely N-dealkylation sites (tertiary alicyclic amines) is 1. The average molecular weight is 571 g/mol. The van der Waals surface area contributed by atoms with Crippen molar-refractivity contribution in [3.8, 4) is 0 Å². The summed E-state index contributed by atoms with van der Waals surface area (Å²) < 4.78 is 31.1. The van der Waals surface area contributed by atoms with Gasteiger partial charge < -0.3 is 24.1 Å². The number of furan rings is 1. The van der Waals surface area contributed by atoms with Crippen molar-refractivity contribution in [1.82, 2.24) is 20.0 Å². The molecule has 0 radical (unpaired) electrons. The van der Waals surface area contributed by atoms with Crippen LogP contribution in [0.4, 0.5) is 4.39 Å². The molecule has 2 aromatic rings. The maximum Gasteiger partial charge on any atom is 0.290 e. The lowest BCUT2D eigenvalue weighted by Gasteiger charge is -2.32. The maximum absolute atomic E-state index is 14.1. The minimum absolute atomic E-state index is 0.0410. The van der Waals surface area contributed by atoms with Gasteiger partial charge in [-0.1, -0.05) is 18.6 Å². The first-order valence-corrected chi connectivity index (χ1v) is 15.1. The Morgan fingerprint density at radius 1 is 0.951 bits per heavy atom. The van der Waals surface area contributed by atoms with Gasteiger partial charge in [0.05, 0.1) is 25.9 Å². The Morgan fingerprint density at radius 3 is 2.46 bits per heavy atom. The Labute approximate surface area is 241 Å². The lowest BCUT2D eigenvalue weighted by atomic mass is 10.0. The number of nitrogens with zero attached hydrogens (tertiary/aromatic N) is 3. The highest BCUT2D eigenvalue weighted by Crippen LogP contribution is 2.26. The number of carbonyl (C=O) groups excluding carboxylic acids is 2. The first kappa shape index (κ1) is 29.7. The third-order valence-corrected chi connectivity index (χ3v) is 8.21. The zero-order valence-electron chi connectivity index (χ0n) is 23.9. The van der Waals surface area contributed by atoms with Crippen LogP contribution < -0.4 is 5.32 Å². The second-order valence-corrected chi connectivity index (χ2v) is 11.2. The monoisotopic (exact) mass is 570 g/mol. The molecule has 0 saturated carbocycles. The molecule has 0 aliphatic carbocycles. The molecule has 9 nitrogen and oxygen atoms in total. The van der Waals surface area contributed by atoms with Gasteiger partial charge in [0.1, 0.15) is 17.6 Å². The number of rotatable bonds is 12. The summed E-state index contributed by atoms with van der Waals surface area (Å²) in [5, 5.41) is 3.01. The molecule has 0 bridgehead atoms. The summed E-state index contributed by atoms with van der Waals surface area (Å²) in [6.07, 6.45) is 6.07. The maximum atomic E-state index is 14.1. The van der Waals surface area contributed by atoms with Crippen molar-refractivity contribution in [3.05, 3.63) is 59.3 Å². The Morgan fingerprint density at radius 2 is 1.73 bits per heavy atom. The molecule has 1 aromatic heterocycles. The molecule has 4 heterocycles. The molecule has 224 valence electrons. The molecule has 3 aliphatic heterocycles. The highest BCUT2D eigenvalue weighted by atomic mass is 19.1. The molecule has 2 atom stereocenters. The van der Waals surface area contributed by atoms with Crippen LogP contribution in [0.1, 0.15) is 66.4 Å². The van der Waals surface area contributed by atoms with E-state index in [1.165, 1.54) is 31.4 Å². The number of nitrogens with one attached hydrogen (secondary N) is 1. The molecule has 0 spiro atoms. The summed E-state index contributed by atoms with van der Waals surface area (Å²) in [6, 6.07) is 8.45. The van der Waals surface area contributed by atoms with Crippen LogP contribution in [-0.4, -0.2) is 98.3 Å². The third-order valence-electron chi connectivity index (χ3n) is 8.21. The second kappa shape index (κ2) is 14.9. The van der Waals surface area contributed by atoms with Gasteiger partial charge in [0.2, 0.25) is 5.91 Å². The SMILES string of the molecule is O=C(NCC1CCCO1)C(c1ccc(F)cc1)N(CCCN1CCOCC1)C(=O)c1ccc(CN2CCCCC2)o1. The largest absolute Gasteiger partial charge is 0.455 e. The van der Waals surface area contributed by atoms with Crippen LogP contribution in [0.5, 0.6) is 0 Å². The molecule has 1 N–H and O–H groups in total. The zero-order chi connectivity index (χ0) is 28.4. The van der Waals surface area contributed by atoms with Crippen molar-refractivity contribution in [1.29, 1.82) is 0 Å². The predicted molar refractivity (Wildman–Crippen MR) is 152 cm³/mol. The molecule has 2 unspecified atom stereocenters. The lowest BCUT2D eigenvalue weighted by Crippen LogP contribution is -2.46. The quantitative estimate of drug-likeness (QED) is 0.417. The summed E-state index contributed by atoms with van der Waals surface area (Å²) in [6.45, 7) is 7.95. The fraction of sp³-hybridized carbons (Fsp3) is 0.613.